The zero-order chi connectivity index (χ0) is 14.9. The van der Waals surface area contributed by atoms with Crippen LogP contribution in [0, 0.1) is 0 Å². The molecule has 0 saturated carbocycles. The molecule has 0 saturated heterocycles. The zero-order valence-electron chi connectivity index (χ0n) is 10.2. The van der Waals surface area contributed by atoms with Crippen LogP contribution in [0.3, 0.4) is 0 Å². The molecule has 1 unspecified atom stereocenters. The van der Waals surface area contributed by atoms with Crippen molar-refractivity contribution < 1.29 is 17.9 Å². The first kappa shape index (κ1) is 15.3. The van der Waals surface area contributed by atoms with Gasteiger partial charge in [-0.1, -0.05) is 22.0 Å². The maximum Gasteiger partial charge on any atom is 0.443 e. The number of hydrogen-bond acceptors (Lipinski definition) is 4. The number of alkyl halides is 3. The Bertz CT molecular complexity index is 615. The van der Waals surface area contributed by atoms with E-state index < -0.39 is 17.2 Å². The molecule has 2 aromatic rings. The minimum atomic E-state index is -4.45. The molecule has 108 valence electrons. The van der Waals surface area contributed by atoms with Crippen molar-refractivity contribution in [3.63, 3.8) is 0 Å². The van der Waals surface area contributed by atoms with Crippen molar-refractivity contribution in [3.05, 3.63) is 44.3 Å². The van der Waals surface area contributed by atoms with Gasteiger partial charge >= 0.3 is 6.18 Å². The van der Waals surface area contributed by atoms with Gasteiger partial charge in [0.25, 0.3) is 0 Å². The minimum absolute atomic E-state index is 0.331. The van der Waals surface area contributed by atoms with Crippen LogP contribution < -0.4 is 10.5 Å². The summed E-state index contributed by atoms with van der Waals surface area (Å²) in [6.45, 7) is 0. The maximum absolute atomic E-state index is 12.5. The highest BCUT2D eigenvalue weighted by Crippen LogP contribution is 2.37. The van der Waals surface area contributed by atoms with E-state index in [1.165, 1.54) is 7.11 Å². The highest BCUT2D eigenvalue weighted by molar-refractivity contribution is 9.10. The molecule has 1 aromatic carbocycles. The summed E-state index contributed by atoms with van der Waals surface area (Å²) in [6, 6.07) is 4.46. The van der Waals surface area contributed by atoms with Gasteiger partial charge in [0.15, 0.2) is 5.01 Å². The maximum atomic E-state index is 12.5. The van der Waals surface area contributed by atoms with Crippen LogP contribution in [0.2, 0.25) is 0 Å². The summed E-state index contributed by atoms with van der Waals surface area (Å²) in [6.07, 6.45) is -3.30. The van der Waals surface area contributed by atoms with Gasteiger partial charge in [0.1, 0.15) is 5.75 Å². The Morgan fingerprint density at radius 1 is 1.40 bits per heavy atom. The van der Waals surface area contributed by atoms with E-state index in [9.17, 15) is 13.2 Å². The van der Waals surface area contributed by atoms with Crippen LogP contribution in [0.1, 0.15) is 21.5 Å². The molecule has 2 N–H and O–H groups in total. The average Bonchev–Trinajstić information content (AvgIpc) is 2.87. The van der Waals surface area contributed by atoms with Crippen LogP contribution in [0.25, 0.3) is 0 Å². The van der Waals surface area contributed by atoms with Crippen LogP contribution in [-0.4, -0.2) is 12.1 Å². The molecule has 0 radical (unpaired) electrons. The van der Waals surface area contributed by atoms with E-state index in [0.29, 0.717) is 27.5 Å². The fraction of sp³-hybridized carbons (Fsp3) is 0.250. The Kier molecular flexibility index (Phi) is 4.36. The van der Waals surface area contributed by atoms with Crippen molar-refractivity contribution in [2.24, 2.45) is 5.73 Å². The topological polar surface area (TPSA) is 48.1 Å². The van der Waals surface area contributed by atoms with Crippen LogP contribution >= 0.6 is 27.3 Å². The molecule has 0 bridgehead atoms. The van der Waals surface area contributed by atoms with Gasteiger partial charge in [-0.15, -0.1) is 11.3 Å². The van der Waals surface area contributed by atoms with Gasteiger partial charge < -0.3 is 10.5 Å². The van der Waals surface area contributed by atoms with Gasteiger partial charge in [-0.3, -0.25) is 0 Å². The quantitative estimate of drug-likeness (QED) is 0.893. The summed E-state index contributed by atoms with van der Waals surface area (Å²) in [7, 11) is 1.48. The second kappa shape index (κ2) is 5.71. The third-order valence-electron chi connectivity index (χ3n) is 2.60. The number of rotatable bonds is 3. The summed E-state index contributed by atoms with van der Waals surface area (Å²) in [5, 5.41) is -0.904. The van der Waals surface area contributed by atoms with E-state index in [0.717, 1.165) is 10.7 Å². The molecule has 0 amide bonds. The summed E-state index contributed by atoms with van der Waals surface area (Å²) in [5.41, 5.74) is 6.61. The molecule has 1 atom stereocenters. The van der Waals surface area contributed by atoms with Crippen molar-refractivity contribution in [3.8, 4) is 5.75 Å². The normalized spacial score (nSPS) is 13.3. The highest BCUT2D eigenvalue weighted by Gasteiger charge is 2.35. The minimum Gasteiger partial charge on any atom is -0.496 e. The van der Waals surface area contributed by atoms with Gasteiger partial charge in [-0.2, -0.15) is 13.2 Å². The monoisotopic (exact) mass is 366 g/mol. The molecule has 1 heterocycles. The second-order valence-corrected chi connectivity index (χ2v) is 5.91. The summed E-state index contributed by atoms with van der Waals surface area (Å²) < 4.78 is 43.6. The lowest BCUT2D eigenvalue weighted by Crippen LogP contribution is -2.11. The lowest BCUT2D eigenvalue weighted by Gasteiger charge is -2.14. The summed E-state index contributed by atoms with van der Waals surface area (Å²) in [4.78, 5) is 3.70. The molecule has 0 aliphatic rings. The van der Waals surface area contributed by atoms with E-state index in [2.05, 4.69) is 20.9 Å². The van der Waals surface area contributed by atoms with Crippen LogP contribution in [0.15, 0.2) is 28.9 Å². The van der Waals surface area contributed by atoms with Crippen molar-refractivity contribution in [2.45, 2.75) is 12.2 Å². The second-order valence-electron chi connectivity index (χ2n) is 3.93. The molecular formula is C12H10BrF3N2OS. The standard InChI is InChI=1S/C12H10BrF3N2OS/c1-19-8-4-6(13)2-3-7(8)10(17)9-5-18-11(20-9)12(14,15)16/h2-5,10H,17H2,1H3. The van der Waals surface area contributed by atoms with Crippen molar-refractivity contribution in [2.75, 3.05) is 7.11 Å². The number of nitrogens with two attached hydrogens (primary N) is 1. The Morgan fingerprint density at radius 3 is 2.65 bits per heavy atom. The van der Waals surface area contributed by atoms with Crippen molar-refractivity contribution >= 4 is 27.3 Å². The van der Waals surface area contributed by atoms with E-state index in [-0.39, 0.29) is 0 Å². The molecule has 0 spiro atoms. The van der Waals surface area contributed by atoms with E-state index in [1.807, 2.05) is 0 Å². The SMILES string of the molecule is COc1cc(Br)ccc1C(N)c1cnc(C(F)(F)F)s1. The molecule has 0 aliphatic heterocycles. The van der Waals surface area contributed by atoms with E-state index >= 15 is 0 Å². The smallest absolute Gasteiger partial charge is 0.443 e. The van der Waals surface area contributed by atoms with Gasteiger partial charge in [-0.25, -0.2) is 4.98 Å². The largest absolute Gasteiger partial charge is 0.496 e. The zero-order valence-corrected chi connectivity index (χ0v) is 12.6. The van der Waals surface area contributed by atoms with Gasteiger partial charge in [0.05, 0.1) is 13.2 Å². The Hall–Kier alpha value is -1.12. The molecule has 20 heavy (non-hydrogen) atoms. The number of nitrogens with zero attached hydrogens (tertiary/aromatic N) is 1. The third-order valence-corrected chi connectivity index (χ3v) is 4.22. The van der Waals surface area contributed by atoms with Gasteiger partial charge in [0.2, 0.25) is 0 Å². The molecule has 1 aromatic heterocycles. The predicted octanol–water partition coefficient (Wildman–Crippen LogP) is 3.98. The van der Waals surface area contributed by atoms with Gasteiger partial charge in [0, 0.05) is 21.1 Å². The average molecular weight is 367 g/mol. The highest BCUT2D eigenvalue weighted by atomic mass is 79.9. The molecule has 0 fully saturated rings. The summed E-state index contributed by atoms with van der Waals surface area (Å²) in [5.74, 6) is 0.508. The fourth-order valence-electron chi connectivity index (χ4n) is 1.66. The molecule has 2 rings (SSSR count). The van der Waals surface area contributed by atoms with Crippen molar-refractivity contribution in [1.29, 1.82) is 0 Å². The Morgan fingerprint density at radius 2 is 2.10 bits per heavy atom. The molecular weight excluding hydrogens is 357 g/mol. The number of hydrogen-bond donors (Lipinski definition) is 1. The fourth-order valence-corrected chi connectivity index (χ4v) is 2.80. The summed E-state index contributed by atoms with van der Waals surface area (Å²) >= 11 is 3.83. The Labute approximate surface area is 125 Å². The number of thiazole rings is 1. The van der Waals surface area contributed by atoms with Crippen LogP contribution in [-0.2, 0) is 6.18 Å². The molecule has 8 heteroatoms. The number of ether oxygens (including phenoxy) is 1. The van der Waals surface area contributed by atoms with Crippen LogP contribution in [0.5, 0.6) is 5.75 Å². The van der Waals surface area contributed by atoms with Crippen LogP contribution in [0.4, 0.5) is 13.2 Å². The number of benzene rings is 1. The number of halogens is 4. The first-order chi connectivity index (χ1) is 9.32. The molecule has 0 aliphatic carbocycles. The number of methoxy groups -OCH3 is 1. The first-order valence-electron chi connectivity index (χ1n) is 5.45. The van der Waals surface area contributed by atoms with Crippen molar-refractivity contribution in [1.82, 2.24) is 4.98 Å². The van der Waals surface area contributed by atoms with E-state index in [1.54, 1.807) is 18.2 Å². The number of aromatic nitrogens is 1. The third kappa shape index (κ3) is 3.13. The lowest BCUT2D eigenvalue weighted by atomic mass is 10.1. The lowest BCUT2D eigenvalue weighted by molar-refractivity contribution is -0.137. The molecule has 3 nitrogen and oxygen atoms in total. The predicted molar refractivity (Wildman–Crippen MR) is 73.8 cm³/mol. The van der Waals surface area contributed by atoms with Gasteiger partial charge in [-0.05, 0) is 12.1 Å². The van der Waals surface area contributed by atoms with E-state index in [4.69, 9.17) is 10.5 Å². The first-order valence-corrected chi connectivity index (χ1v) is 7.06. The Balaban J connectivity index is 2.36.